The summed E-state index contributed by atoms with van der Waals surface area (Å²) in [6, 6.07) is 6.25. The van der Waals surface area contributed by atoms with Gasteiger partial charge in [-0.2, -0.15) is 0 Å². The van der Waals surface area contributed by atoms with Gasteiger partial charge < -0.3 is 4.74 Å². The molecule has 0 N–H and O–H groups in total. The van der Waals surface area contributed by atoms with Crippen molar-refractivity contribution in [3.8, 4) is 5.75 Å². The molecule has 1 aliphatic carbocycles. The Morgan fingerprint density at radius 2 is 2.00 bits per heavy atom. The molecule has 1 aromatic carbocycles. The molecular weight excluding hydrogens is 356 g/mol. The van der Waals surface area contributed by atoms with Crippen LogP contribution in [0.25, 0.3) is 0 Å². The summed E-state index contributed by atoms with van der Waals surface area (Å²) in [6.45, 7) is 4.69. The van der Waals surface area contributed by atoms with Crippen molar-refractivity contribution in [1.29, 1.82) is 0 Å². The van der Waals surface area contributed by atoms with Crippen LogP contribution in [0.2, 0.25) is 0 Å². The molecule has 100 valence electrons. The molecule has 0 bridgehead atoms. The van der Waals surface area contributed by atoms with E-state index in [2.05, 4.69) is 63.9 Å². The Labute approximate surface area is 127 Å². The first-order chi connectivity index (χ1) is 8.60. The monoisotopic (exact) mass is 374 g/mol. The largest absolute Gasteiger partial charge is 0.490 e. The molecular formula is C15H20Br2O. The van der Waals surface area contributed by atoms with E-state index in [1.165, 1.54) is 24.8 Å². The molecule has 0 aromatic heterocycles. The Morgan fingerprint density at radius 1 is 1.22 bits per heavy atom. The van der Waals surface area contributed by atoms with Crippen molar-refractivity contribution >= 4 is 31.9 Å². The Balaban J connectivity index is 2.05. The zero-order valence-corrected chi connectivity index (χ0v) is 14.1. The third-order valence-electron chi connectivity index (χ3n) is 4.01. The molecule has 0 amide bonds. The third kappa shape index (κ3) is 3.51. The van der Waals surface area contributed by atoms with Crippen LogP contribution in [0.1, 0.15) is 38.7 Å². The molecule has 0 saturated heterocycles. The Morgan fingerprint density at radius 3 is 2.67 bits per heavy atom. The van der Waals surface area contributed by atoms with Crippen LogP contribution in [0.5, 0.6) is 5.75 Å². The summed E-state index contributed by atoms with van der Waals surface area (Å²) in [6.07, 6.45) is 4.03. The first-order valence-electron chi connectivity index (χ1n) is 6.61. The average Bonchev–Trinajstić information content (AvgIpc) is 2.36. The van der Waals surface area contributed by atoms with Gasteiger partial charge in [-0.15, -0.1) is 0 Å². The molecule has 3 heteroatoms. The van der Waals surface area contributed by atoms with E-state index in [9.17, 15) is 0 Å². The zero-order valence-electron chi connectivity index (χ0n) is 11.0. The van der Waals surface area contributed by atoms with Crippen LogP contribution in [0, 0.1) is 11.8 Å². The van der Waals surface area contributed by atoms with Crippen molar-refractivity contribution < 1.29 is 4.74 Å². The van der Waals surface area contributed by atoms with Gasteiger partial charge in [0.15, 0.2) is 0 Å². The lowest BCUT2D eigenvalue weighted by Crippen LogP contribution is -2.29. The van der Waals surface area contributed by atoms with Gasteiger partial charge in [-0.25, -0.2) is 0 Å². The summed E-state index contributed by atoms with van der Waals surface area (Å²) in [4.78, 5) is 0. The quantitative estimate of drug-likeness (QED) is 0.629. The zero-order chi connectivity index (χ0) is 13.1. The van der Waals surface area contributed by atoms with Gasteiger partial charge in [0.25, 0.3) is 0 Å². The standard InChI is InChI=1S/C15H20Br2O/c1-10-3-5-14(7-11(10)2)18-15-6-4-13(17)8-12(15)9-16/h4,6,8,10-11,14H,3,5,7,9H2,1-2H3. The fourth-order valence-electron chi connectivity index (χ4n) is 2.55. The highest BCUT2D eigenvalue weighted by molar-refractivity contribution is 9.10. The molecule has 1 fully saturated rings. The number of halogens is 2. The van der Waals surface area contributed by atoms with Crippen molar-refractivity contribution in [3.05, 3.63) is 28.2 Å². The predicted octanol–water partition coefficient (Wildman–Crippen LogP) is 5.55. The first-order valence-corrected chi connectivity index (χ1v) is 8.52. The van der Waals surface area contributed by atoms with Crippen molar-refractivity contribution in [2.24, 2.45) is 11.8 Å². The lowest BCUT2D eigenvalue weighted by atomic mass is 9.80. The first kappa shape index (κ1) is 14.4. The lowest BCUT2D eigenvalue weighted by Gasteiger charge is -2.32. The summed E-state index contributed by atoms with van der Waals surface area (Å²) in [5, 5.41) is 0.834. The van der Waals surface area contributed by atoms with Crippen molar-refractivity contribution in [2.45, 2.75) is 44.5 Å². The van der Waals surface area contributed by atoms with Crippen LogP contribution in [-0.4, -0.2) is 6.10 Å². The van der Waals surface area contributed by atoms with Crippen LogP contribution >= 0.6 is 31.9 Å². The van der Waals surface area contributed by atoms with E-state index in [4.69, 9.17) is 4.74 Å². The molecule has 0 heterocycles. The van der Waals surface area contributed by atoms with Gasteiger partial charge in [0.05, 0.1) is 6.10 Å². The van der Waals surface area contributed by atoms with Gasteiger partial charge in [-0.1, -0.05) is 45.7 Å². The van der Waals surface area contributed by atoms with Crippen molar-refractivity contribution in [1.82, 2.24) is 0 Å². The smallest absolute Gasteiger partial charge is 0.123 e. The molecule has 18 heavy (non-hydrogen) atoms. The molecule has 0 aliphatic heterocycles. The maximum Gasteiger partial charge on any atom is 0.123 e. The Hall–Kier alpha value is -0.0200. The molecule has 3 unspecified atom stereocenters. The summed E-state index contributed by atoms with van der Waals surface area (Å²) in [5.74, 6) is 2.64. The van der Waals surface area contributed by atoms with E-state index < -0.39 is 0 Å². The normalized spacial score (nSPS) is 28.1. The average molecular weight is 376 g/mol. The van der Waals surface area contributed by atoms with Gasteiger partial charge in [-0.3, -0.25) is 0 Å². The minimum absolute atomic E-state index is 0.384. The highest BCUT2D eigenvalue weighted by Gasteiger charge is 2.26. The molecule has 1 nitrogen and oxygen atoms in total. The highest BCUT2D eigenvalue weighted by atomic mass is 79.9. The van der Waals surface area contributed by atoms with Crippen molar-refractivity contribution in [2.75, 3.05) is 0 Å². The number of ether oxygens (including phenoxy) is 1. The highest BCUT2D eigenvalue weighted by Crippen LogP contribution is 2.33. The Kier molecular flexibility index (Phi) is 5.14. The second-order valence-corrected chi connectivity index (χ2v) is 6.87. The summed E-state index contributed by atoms with van der Waals surface area (Å²) in [5.41, 5.74) is 1.22. The fraction of sp³-hybridized carbons (Fsp3) is 0.600. The van der Waals surface area contributed by atoms with Gasteiger partial charge in [0, 0.05) is 15.4 Å². The van der Waals surface area contributed by atoms with Crippen LogP contribution < -0.4 is 4.74 Å². The topological polar surface area (TPSA) is 9.23 Å². The van der Waals surface area contributed by atoms with Crippen LogP contribution in [-0.2, 0) is 5.33 Å². The Bertz CT molecular complexity index is 405. The number of hydrogen-bond acceptors (Lipinski definition) is 1. The number of hydrogen-bond donors (Lipinski definition) is 0. The van der Waals surface area contributed by atoms with E-state index >= 15 is 0 Å². The van der Waals surface area contributed by atoms with E-state index in [1.54, 1.807) is 0 Å². The molecule has 0 spiro atoms. The summed E-state index contributed by atoms with van der Waals surface area (Å²) in [7, 11) is 0. The second kappa shape index (κ2) is 6.42. The predicted molar refractivity (Wildman–Crippen MR) is 83.4 cm³/mol. The second-order valence-electron chi connectivity index (χ2n) is 5.39. The van der Waals surface area contributed by atoms with E-state index in [0.29, 0.717) is 6.10 Å². The van der Waals surface area contributed by atoms with Crippen LogP contribution in [0.3, 0.4) is 0 Å². The fourth-order valence-corrected chi connectivity index (χ4v) is 3.40. The molecule has 3 atom stereocenters. The molecule has 1 aromatic rings. The molecule has 1 saturated carbocycles. The number of rotatable bonds is 3. The minimum atomic E-state index is 0.384. The van der Waals surface area contributed by atoms with Gasteiger partial charge >= 0.3 is 0 Å². The van der Waals surface area contributed by atoms with Gasteiger partial charge in [0.1, 0.15) is 5.75 Å². The summed E-state index contributed by atoms with van der Waals surface area (Å²) < 4.78 is 7.31. The third-order valence-corrected chi connectivity index (χ3v) is 5.11. The van der Waals surface area contributed by atoms with Crippen LogP contribution in [0.15, 0.2) is 22.7 Å². The molecule has 0 radical (unpaired) electrons. The van der Waals surface area contributed by atoms with Crippen molar-refractivity contribution in [3.63, 3.8) is 0 Å². The van der Waals surface area contributed by atoms with E-state index in [-0.39, 0.29) is 0 Å². The maximum absolute atomic E-state index is 6.20. The van der Waals surface area contributed by atoms with Crippen LogP contribution in [0.4, 0.5) is 0 Å². The minimum Gasteiger partial charge on any atom is -0.490 e. The van der Waals surface area contributed by atoms with E-state index in [1.807, 2.05) is 0 Å². The maximum atomic E-state index is 6.20. The lowest BCUT2D eigenvalue weighted by molar-refractivity contribution is 0.0999. The van der Waals surface area contributed by atoms with Gasteiger partial charge in [0.2, 0.25) is 0 Å². The summed E-state index contributed by atoms with van der Waals surface area (Å²) >= 11 is 7.03. The number of benzene rings is 1. The van der Waals surface area contributed by atoms with Gasteiger partial charge in [-0.05, 0) is 49.3 Å². The molecule has 2 rings (SSSR count). The van der Waals surface area contributed by atoms with E-state index in [0.717, 1.165) is 27.4 Å². The SMILES string of the molecule is CC1CCC(Oc2ccc(Br)cc2CBr)CC1C. The number of alkyl halides is 1. The molecule has 1 aliphatic rings.